The van der Waals surface area contributed by atoms with Gasteiger partial charge in [0.05, 0.1) is 6.10 Å². The van der Waals surface area contributed by atoms with E-state index in [0.29, 0.717) is 6.54 Å². The van der Waals surface area contributed by atoms with E-state index in [0.717, 1.165) is 32.1 Å². The van der Waals surface area contributed by atoms with Gasteiger partial charge in [-0.15, -0.1) is 0 Å². The number of aliphatic hydroxyl groups excluding tert-OH is 2. The second-order valence-corrected chi connectivity index (χ2v) is 2.82. The van der Waals surface area contributed by atoms with E-state index in [9.17, 15) is 0 Å². The number of aliphatic hydroxyl groups is 2. The zero-order chi connectivity index (χ0) is 8.53. The van der Waals surface area contributed by atoms with E-state index in [1.165, 1.54) is 0 Å². The molecule has 0 aliphatic carbocycles. The van der Waals surface area contributed by atoms with Crippen LogP contribution in [-0.2, 0) is 0 Å². The van der Waals surface area contributed by atoms with Crippen LogP contribution in [0.3, 0.4) is 0 Å². The van der Waals surface area contributed by atoms with Gasteiger partial charge in [-0.2, -0.15) is 0 Å². The van der Waals surface area contributed by atoms with E-state index in [1.54, 1.807) is 0 Å². The Morgan fingerprint density at radius 2 is 1.73 bits per heavy atom. The number of nitrogens with two attached hydrogens (primary N) is 1. The average Bonchev–Trinajstić information content (AvgIpc) is 2.04. The molecule has 11 heavy (non-hydrogen) atoms. The van der Waals surface area contributed by atoms with E-state index in [-0.39, 0.29) is 12.7 Å². The van der Waals surface area contributed by atoms with Crippen molar-refractivity contribution < 1.29 is 10.2 Å². The Hall–Kier alpha value is -0.120. The minimum atomic E-state index is -0.330. The normalized spacial score (nSPS) is 13.4. The molecule has 0 saturated carbocycles. The molecule has 0 aromatic rings. The molecule has 3 heteroatoms. The van der Waals surface area contributed by atoms with Crippen molar-refractivity contribution in [1.29, 1.82) is 0 Å². The van der Waals surface area contributed by atoms with E-state index in [4.69, 9.17) is 15.9 Å². The van der Waals surface area contributed by atoms with Crippen LogP contribution in [0.15, 0.2) is 0 Å². The second-order valence-electron chi connectivity index (χ2n) is 2.82. The Labute approximate surface area is 68.2 Å². The molecule has 0 amide bonds. The smallest absolute Gasteiger partial charge is 0.0662 e. The highest BCUT2D eigenvalue weighted by atomic mass is 16.3. The maximum atomic E-state index is 9.04. The summed E-state index contributed by atoms with van der Waals surface area (Å²) in [4.78, 5) is 0. The zero-order valence-electron chi connectivity index (χ0n) is 7.00. The quantitative estimate of drug-likeness (QED) is 0.469. The van der Waals surface area contributed by atoms with Crippen LogP contribution in [0.4, 0.5) is 0 Å². The molecular formula is C8H19NO2. The molecule has 0 radical (unpaired) electrons. The molecule has 1 unspecified atom stereocenters. The molecule has 0 saturated heterocycles. The van der Waals surface area contributed by atoms with Gasteiger partial charge in [-0.1, -0.05) is 19.3 Å². The summed E-state index contributed by atoms with van der Waals surface area (Å²) in [6, 6.07) is 0. The van der Waals surface area contributed by atoms with Crippen molar-refractivity contribution in [3.63, 3.8) is 0 Å². The van der Waals surface area contributed by atoms with Crippen LogP contribution in [0.25, 0.3) is 0 Å². The van der Waals surface area contributed by atoms with Crippen molar-refractivity contribution in [2.24, 2.45) is 5.73 Å². The predicted octanol–water partition coefficient (Wildman–Crippen LogP) is 0.249. The Balaban J connectivity index is 2.89. The molecule has 68 valence electrons. The summed E-state index contributed by atoms with van der Waals surface area (Å²) in [5, 5.41) is 17.5. The highest BCUT2D eigenvalue weighted by molar-refractivity contribution is 4.55. The van der Waals surface area contributed by atoms with Gasteiger partial charge in [-0.05, 0) is 12.8 Å². The Bertz CT molecular complexity index is 78.5. The molecular weight excluding hydrogens is 142 g/mol. The lowest BCUT2D eigenvalue weighted by molar-refractivity contribution is 0.168. The van der Waals surface area contributed by atoms with Gasteiger partial charge in [-0.25, -0.2) is 0 Å². The first kappa shape index (κ1) is 10.9. The highest BCUT2D eigenvalue weighted by Gasteiger charge is 1.98. The predicted molar refractivity (Wildman–Crippen MR) is 45.2 cm³/mol. The highest BCUT2D eigenvalue weighted by Crippen LogP contribution is 2.04. The molecule has 0 heterocycles. The second kappa shape index (κ2) is 7.98. The van der Waals surface area contributed by atoms with Gasteiger partial charge in [0.2, 0.25) is 0 Å². The van der Waals surface area contributed by atoms with Crippen molar-refractivity contribution in [2.75, 3.05) is 13.2 Å². The summed E-state index contributed by atoms with van der Waals surface area (Å²) in [6.07, 6.45) is 4.48. The fourth-order valence-corrected chi connectivity index (χ4v) is 0.963. The van der Waals surface area contributed by atoms with Gasteiger partial charge < -0.3 is 15.9 Å². The van der Waals surface area contributed by atoms with Crippen molar-refractivity contribution in [1.82, 2.24) is 0 Å². The molecule has 0 rings (SSSR count). The molecule has 3 nitrogen and oxygen atoms in total. The third-order valence-corrected chi connectivity index (χ3v) is 1.72. The van der Waals surface area contributed by atoms with Crippen LogP contribution in [0.2, 0.25) is 0 Å². The molecule has 0 aromatic heterocycles. The van der Waals surface area contributed by atoms with Gasteiger partial charge in [0.25, 0.3) is 0 Å². The lowest BCUT2D eigenvalue weighted by atomic mass is 10.1. The maximum absolute atomic E-state index is 9.04. The minimum Gasteiger partial charge on any atom is -0.396 e. The van der Waals surface area contributed by atoms with Crippen molar-refractivity contribution in [3.05, 3.63) is 0 Å². The van der Waals surface area contributed by atoms with Gasteiger partial charge in [0.15, 0.2) is 0 Å². The van der Waals surface area contributed by atoms with E-state index in [2.05, 4.69) is 0 Å². The SMILES string of the molecule is NCC(O)CCCCCCO. The molecule has 0 fully saturated rings. The Morgan fingerprint density at radius 1 is 1.09 bits per heavy atom. The minimum absolute atomic E-state index is 0.277. The molecule has 0 aliphatic rings. The molecule has 1 atom stereocenters. The summed E-state index contributed by atoms with van der Waals surface area (Å²) < 4.78 is 0. The van der Waals surface area contributed by atoms with Crippen LogP contribution in [-0.4, -0.2) is 29.5 Å². The van der Waals surface area contributed by atoms with E-state index >= 15 is 0 Å². The fraction of sp³-hybridized carbons (Fsp3) is 1.00. The number of hydrogen-bond acceptors (Lipinski definition) is 3. The first-order chi connectivity index (χ1) is 5.31. The molecule has 4 N–H and O–H groups in total. The van der Waals surface area contributed by atoms with Crippen molar-refractivity contribution in [2.45, 2.75) is 38.2 Å². The largest absolute Gasteiger partial charge is 0.396 e. The Kier molecular flexibility index (Phi) is 7.89. The van der Waals surface area contributed by atoms with Crippen LogP contribution in [0, 0.1) is 0 Å². The first-order valence-electron chi connectivity index (χ1n) is 4.30. The Morgan fingerprint density at radius 3 is 2.27 bits per heavy atom. The summed E-state index contributed by atoms with van der Waals surface area (Å²) in [5.41, 5.74) is 5.22. The average molecular weight is 161 g/mol. The number of unbranched alkanes of at least 4 members (excludes halogenated alkanes) is 3. The summed E-state index contributed by atoms with van der Waals surface area (Å²) >= 11 is 0. The summed E-state index contributed by atoms with van der Waals surface area (Å²) in [5.74, 6) is 0. The summed E-state index contributed by atoms with van der Waals surface area (Å²) in [7, 11) is 0. The monoisotopic (exact) mass is 161 g/mol. The topological polar surface area (TPSA) is 66.5 Å². The van der Waals surface area contributed by atoms with Crippen LogP contribution in [0.5, 0.6) is 0 Å². The maximum Gasteiger partial charge on any atom is 0.0662 e. The van der Waals surface area contributed by atoms with E-state index < -0.39 is 0 Å². The first-order valence-corrected chi connectivity index (χ1v) is 4.30. The van der Waals surface area contributed by atoms with Gasteiger partial charge in [0.1, 0.15) is 0 Å². The lowest BCUT2D eigenvalue weighted by Crippen LogP contribution is -2.19. The van der Waals surface area contributed by atoms with Crippen LogP contribution in [0.1, 0.15) is 32.1 Å². The van der Waals surface area contributed by atoms with Crippen LogP contribution < -0.4 is 5.73 Å². The molecule has 0 spiro atoms. The summed E-state index contributed by atoms with van der Waals surface area (Å²) in [6.45, 7) is 0.638. The molecule has 0 aliphatic heterocycles. The van der Waals surface area contributed by atoms with Gasteiger partial charge >= 0.3 is 0 Å². The lowest BCUT2D eigenvalue weighted by Gasteiger charge is -2.05. The number of hydrogen-bond donors (Lipinski definition) is 3. The fourth-order valence-electron chi connectivity index (χ4n) is 0.963. The zero-order valence-corrected chi connectivity index (χ0v) is 7.00. The van der Waals surface area contributed by atoms with Crippen LogP contribution >= 0.6 is 0 Å². The van der Waals surface area contributed by atoms with Crippen molar-refractivity contribution >= 4 is 0 Å². The third kappa shape index (κ3) is 7.78. The van der Waals surface area contributed by atoms with Gasteiger partial charge in [-0.3, -0.25) is 0 Å². The van der Waals surface area contributed by atoms with E-state index in [1.807, 2.05) is 0 Å². The molecule has 0 aromatic carbocycles. The third-order valence-electron chi connectivity index (χ3n) is 1.72. The van der Waals surface area contributed by atoms with Gasteiger partial charge in [0, 0.05) is 13.2 Å². The van der Waals surface area contributed by atoms with Crippen molar-refractivity contribution in [3.8, 4) is 0 Å². The number of rotatable bonds is 7. The molecule has 0 bridgehead atoms. The standard InChI is InChI=1S/C8H19NO2/c9-7-8(11)5-3-1-2-4-6-10/h8,10-11H,1-7,9H2.